The number of H-pyrrole nitrogens is 1. The molecule has 1 saturated heterocycles. The highest BCUT2D eigenvalue weighted by molar-refractivity contribution is 5.72. The molecule has 0 spiro atoms. The van der Waals surface area contributed by atoms with Crippen molar-refractivity contribution in [2.45, 2.75) is 38.8 Å². The van der Waals surface area contributed by atoms with Crippen molar-refractivity contribution in [2.24, 2.45) is 0 Å². The molecule has 0 unspecified atom stereocenters. The normalized spacial score (nSPS) is 18.3. The minimum Gasteiger partial charge on any atom is -0.353 e. The third-order valence-corrected chi connectivity index (χ3v) is 3.86. The summed E-state index contributed by atoms with van der Waals surface area (Å²) in [6, 6.07) is 5.08. The Morgan fingerprint density at radius 2 is 2.16 bits per heavy atom. The summed E-state index contributed by atoms with van der Waals surface area (Å²) in [5.74, 6) is 0.844. The average molecular weight is 259 g/mol. The van der Waals surface area contributed by atoms with E-state index >= 15 is 0 Å². The number of nitrogens with zero attached hydrogens (tertiary/aromatic N) is 3. The maximum Gasteiger partial charge on any atom is 0.202 e. The molecule has 0 radical (unpaired) electrons. The zero-order valence-electron chi connectivity index (χ0n) is 11.6. The van der Waals surface area contributed by atoms with E-state index in [1.807, 2.05) is 12.1 Å². The Bertz CT molecular complexity index is 507. The Balaban J connectivity index is 1.63. The Morgan fingerprint density at radius 3 is 2.84 bits per heavy atom. The lowest BCUT2D eigenvalue weighted by molar-refractivity contribution is 0.177. The number of nitrogens with one attached hydrogen (secondary N) is 2. The van der Waals surface area contributed by atoms with Gasteiger partial charge in [0.15, 0.2) is 5.65 Å². The molecule has 3 rings (SSSR count). The van der Waals surface area contributed by atoms with Gasteiger partial charge in [0.2, 0.25) is 5.95 Å². The molecule has 1 aliphatic heterocycles. The lowest BCUT2D eigenvalue weighted by Gasteiger charge is -2.34. The van der Waals surface area contributed by atoms with Crippen LogP contribution in [0.15, 0.2) is 18.3 Å². The van der Waals surface area contributed by atoms with E-state index in [-0.39, 0.29) is 0 Å². The van der Waals surface area contributed by atoms with E-state index in [0.29, 0.717) is 12.1 Å². The molecule has 2 aromatic rings. The van der Waals surface area contributed by atoms with Crippen molar-refractivity contribution in [3.63, 3.8) is 0 Å². The molecule has 0 amide bonds. The third kappa shape index (κ3) is 2.71. The number of fused-ring (bicyclic) bond motifs is 1. The first kappa shape index (κ1) is 12.4. The number of hydrogen-bond donors (Lipinski definition) is 2. The molecule has 0 saturated carbocycles. The Hall–Kier alpha value is -1.62. The first-order chi connectivity index (χ1) is 9.22. The van der Waals surface area contributed by atoms with Crippen LogP contribution in [0.2, 0.25) is 0 Å². The second-order valence-electron chi connectivity index (χ2n) is 5.51. The van der Waals surface area contributed by atoms with Gasteiger partial charge in [0.1, 0.15) is 0 Å². The van der Waals surface area contributed by atoms with Gasteiger partial charge in [-0.3, -0.25) is 0 Å². The van der Waals surface area contributed by atoms with Gasteiger partial charge in [0.25, 0.3) is 0 Å². The highest BCUT2D eigenvalue weighted by atomic mass is 15.2. The van der Waals surface area contributed by atoms with Gasteiger partial charge in [0.05, 0.1) is 5.52 Å². The van der Waals surface area contributed by atoms with Crippen molar-refractivity contribution >= 4 is 17.1 Å². The minimum absolute atomic E-state index is 0.510. The summed E-state index contributed by atoms with van der Waals surface area (Å²) in [5.41, 5.74) is 1.77. The predicted octanol–water partition coefficient (Wildman–Crippen LogP) is 2.24. The predicted molar refractivity (Wildman–Crippen MR) is 77.2 cm³/mol. The van der Waals surface area contributed by atoms with Gasteiger partial charge in [-0.15, -0.1) is 0 Å². The van der Waals surface area contributed by atoms with Crippen molar-refractivity contribution in [2.75, 3.05) is 18.4 Å². The van der Waals surface area contributed by atoms with Crippen molar-refractivity contribution < 1.29 is 0 Å². The van der Waals surface area contributed by atoms with Crippen molar-refractivity contribution in [3.05, 3.63) is 18.3 Å². The number of likely N-dealkylation sites (tertiary alicyclic amines) is 1. The van der Waals surface area contributed by atoms with Crippen LogP contribution in [0.5, 0.6) is 0 Å². The van der Waals surface area contributed by atoms with E-state index in [4.69, 9.17) is 0 Å². The summed E-state index contributed by atoms with van der Waals surface area (Å²) in [6.07, 6.45) is 4.11. The first-order valence-corrected chi connectivity index (χ1v) is 7.03. The SMILES string of the molecule is CC(C)N1CCC(Nc2nc3ncccc3[nH]2)CC1. The lowest BCUT2D eigenvalue weighted by Crippen LogP contribution is -2.42. The van der Waals surface area contributed by atoms with Crippen LogP contribution >= 0.6 is 0 Å². The quantitative estimate of drug-likeness (QED) is 0.887. The molecule has 0 aliphatic carbocycles. The average Bonchev–Trinajstić information content (AvgIpc) is 2.81. The highest BCUT2D eigenvalue weighted by Gasteiger charge is 2.21. The molecule has 1 aliphatic rings. The highest BCUT2D eigenvalue weighted by Crippen LogP contribution is 2.18. The number of aromatic nitrogens is 3. The number of anilines is 1. The summed E-state index contributed by atoms with van der Waals surface area (Å²) in [7, 11) is 0. The molecule has 5 heteroatoms. The second-order valence-corrected chi connectivity index (χ2v) is 5.51. The van der Waals surface area contributed by atoms with E-state index < -0.39 is 0 Å². The zero-order valence-corrected chi connectivity index (χ0v) is 11.6. The van der Waals surface area contributed by atoms with Crippen LogP contribution < -0.4 is 5.32 Å². The van der Waals surface area contributed by atoms with Crippen molar-refractivity contribution in [1.82, 2.24) is 19.9 Å². The fourth-order valence-electron chi connectivity index (χ4n) is 2.67. The number of rotatable bonds is 3. The van der Waals surface area contributed by atoms with Crippen LogP contribution in [0, 0.1) is 0 Å². The maximum atomic E-state index is 4.47. The van der Waals surface area contributed by atoms with Crippen LogP contribution in [0.3, 0.4) is 0 Å². The van der Waals surface area contributed by atoms with E-state index in [2.05, 4.69) is 39.0 Å². The molecule has 19 heavy (non-hydrogen) atoms. The number of imidazole rings is 1. The van der Waals surface area contributed by atoms with Crippen LogP contribution in [0.4, 0.5) is 5.95 Å². The minimum atomic E-state index is 0.510. The van der Waals surface area contributed by atoms with Gasteiger partial charge in [-0.05, 0) is 38.8 Å². The Labute approximate surface area is 113 Å². The second kappa shape index (κ2) is 5.17. The van der Waals surface area contributed by atoms with Gasteiger partial charge < -0.3 is 15.2 Å². The summed E-state index contributed by atoms with van der Waals surface area (Å²) >= 11 is 0. The lowest BCUT2D eigenvalue weighted by atomic mass is 10.0. The number of piperidine rings is 1. The summed E-state index contributed by atoms with van der Waals surface area (Å²) in [5, 5.41) is 3.50. The van der Waals surface area contributed by atoms with E-state index in [1.54, 1.807) is 6.20 Å². The molecule has 5 nitrogen and oxygen atoms in total. The molecule has 102 valence electrons. The number of aromatic amines is 1. The molecule has 2 N–H and O–H groups in total. The molecule has 0 atom stereocenters. The van der Waals surface area contributed by atoms with Crippen LogP contribution in [-0.4, -0.2) is 45.0 Å². The van der Waals surface area contributed by atoms with E-state index in [0.717, 1.165) is 30.2 Å². The van der Waals surface area contributed by atoms with Gasteiger partial charge >= 0.3 is 0 Å². The smallest absolute Gasteiger partial charge is 0.202 e. The van der Waals surface area contributed by atoms with E-state index in [1.165, 1.54) is 12.8 Å². The number of pyridine rings is 1. The first-order valence-electron chi connectivity index (χ1n) is 7.03. The topological polar surface area (TPSA) is 56.8 Å². The molecule has 1 fully saturated rings. The molecule has 2 aromatic heterocycles. The summed E-state index contributed by atoms with van der Waals surface area (Å²) < 4.78 is 0. The molecular weight excluding hydrogens is 238 g/mol. The fraction of sp³-hybridized carbons (Fsp3) is 0.571. The molecule has 0 aromatic carbocycles. The third-order valence-electron chi connectivity index (χ3n) is 3.86. The number of hydrogen-bond acceptors (Lipinski definition) is 4. The van der Waals surface area contributed by atoms with Crippen molar-refractivity contribution in [1.29, 1.82) is 0 Å². The maximum absolute atomic E-state index is 4.47. The summed E-state index contributed by atoms with van der Waals surface area (Å²) in [4.78, 5) is 14.5. The molecule has 0 bridgehead atoms. The van der Waals surface area contributed by atoms with Crippen LogP contribution in [0.25, 0.3) is 11.2 Å². The van der Waals surface area contributed by atoms with E-state index in [9.17, 15) is 0 Å². The summed E-state index contributed by atoms with van der Waals surface area (Å²) in [6.45, 7) is 6.85. The van der Waals surface area contributed by atoms with Gasteiger partial charge in [-0.1, -0.05) is 0 Å². The Morgan fingerprint density at radius 1 is 1.37 bits per heavy atom. The largest absolute Gasteiger partial charge is 0.353 e. The molecule has 3 heterocycles. The Kier molecular flexibility index (Phi) is 3.38. The van der Waals surface area contributed by atoms with Gasteiger partial charge in [-0.2, -0.15) is 4.98 Å². The van der Waals surface area contributed by atoms with Crippen LogP contribution in [-0.2, 0) is 0 Å². The van der Waals surface area contributed by atoms with Crippen molar-refractivity contribution in [3.8, 4) is 0 Å². The fourth-order valence-corrected chi connectivity index (χ4v) is 2.67. The zero-order chi connectivity index (χ0) is 13.2. The van der Waals surface area contributed by atoms with Crippen LogP contribution in [0.1, 0.15) is 26.7 Å². The standard InChI is InChI=1S/C14H21N5/c1-10(2)19-8-5-11(6-9-19)16-14-17-12-4-3-7-15-13(12)18-14/h3-4,7,10-11H,5-6,8-9H2,1-2H3,(H2,15,16,17,18). The van der Waals surface area contributed by atoms with Gasteiger partial charge in [-0.25, -0.2) is 4.98 Å². The van der Waals surface area contributed by atoms with Gasteiger partial charge in [0, 0.05) is 31.4 Å². The molecular formula is C14H21N5. The monoisotopic (exact) mass is 259 g/mol.